The van der Waals surface area contributed by atoms with Gasteiger partial charge in [0.1, 0.15) is 0 Å². The van der Waals surface area contributed by atoms with Gasteiger partial charge in [-0.05, 0) is 65.0 Å². The lowest BCUT2D eigenvalue weighted by Crippen LogP contribution is -2.50. The Kier molecular flexibility index (Phi) is 5.85. The Hall–Kier alpha value is -0.610. The average Bonchev–Trinajstić information content (AvgIpc) is 3.29. The third-order valence-electron chi connectivity index (χ3n) is 4.82. The number of piperidine rings is 1. The standard InChI is InChI=1S/C16H31N3O/c1-4-12(2)18-16(20)13(3)19(15-5-6-15)11-14-7-9-17-10-8-14/h12-15,17H,4-11H2,1-3H3,(H,18,20). The molecule has 2 N–H and O–H groups in total. The van der Waals surface area contributed by atoms with Gasteiger partial charge >= 0.3 is 0 Å². The summed E-state index contributed by atoms with van der Waals surface area (Å²) in [4.78, 5) is 14.8. The number of carbonyl (C=O) groups is 1. The molecule has 1 saturated heterocycles. The SMILES string of the molecule is CCC(C)NC(=O)C(C)N(CC1CCNCC1)C1CC1. The molecule has 2 aliphatic rings. The molecule has 0 spiro atoms. The molecule has 1 aliphatic carbocycles. The molecule has 0 aromatic heterocycles. The van der Waals surface area contributed by atoms with Crippen molar-refractivity contribution >= 4 is 5.91 Å². The van der Waals surface area contributed by atoms with Crippen molar-refractivity contribution in [2.75, 3.05) is 19.6 Å². The van der Waals surface area contributed by atoms with Crippen LogP contribution in [0.2, 0.25) is 0 Å². The third kappa shape index (κ3) is 4.45. The van der Waals surface area contributed by atoms with E-state index in [1.54, 1.807) is 0 Å². The molecule has 1 amide bonds. The molecule has 2 rings (SSSR count). The lowest BCUT2D eigenvalue weighted by molar-refractivity contribution is -0.127. The highest BCUT2D eigenvalue weighted by atomic mass is 16.2. The molecule has 2 fully saturated rings. The predicted octanol–water partition coefficient (Wildman–Crippen LogP) is 1.75. The van der Waals surface area contributed by atoms with Crippen LogP contribution >= 0.6 is 0 Å². The smallest absolute Gasteiger partial charge is 0.237 e. The first-order chi connectivity index (χ1) is 9.61. The van der Waals surface area contributed by atoms with E-state index in [9.17, 15) is 4.79 Å². The van der Waals surface area contributed by atoms with E-state index in [-0.39, 0.29) is 18.0 Å². The van der Waals surface area contributed by atoms with Crippen molar-refractivity contribution in [1.29, 1.82) is 0 Å². The minimum atomic E-state index is 0.0198. The number of hydrogen-bond donors (Lipinski definition) is 2. The van der Waals surface area contributed by atoms with Gasteiger partial charge in [0.25, 0.3) is 0 Å². The van der Waals surface area contributed by atoms with E-state index in [0.29, 0.717) is 6.04 Å². The molecule has 1 saturated carbocycles. The van der Waals surface area contributed by atoms with Crippen LogP contribution < -0.4 is 10.6 Å². The van der Waals surface area contributed by atoms with Crippen molar-refractivity contribution in [1.82, 2.24) is 15.5 Å². The first-order valence-electron chi connectivity index (χ1n) is 8.38. The second-order valence-electron chi connectivity index (χ2n) is 6.62. The summed E-state index contributed by atoms with van der Waals surface area (Å²) in [6.07, 6.45) is 6.04. The normalized spacial score (nSPS) is 23.6. The van der Waals surface area contributed by atoms with Crippen LogP contribution in [0.15, 0.2) is 0 Å². The minimum absolute atomic E-state index is 0.0198. The number of nitrogens with one attached hydrogen (secondary N) is 2. The van der Waals surface area contributed by atoms with Crippen LogP contribution in [0.5, 0.6) is 0 Å². The summed E-state index contributed by atoms with van der Waals surface area (Å²) >= 11 is 0. The summed E-state index contributed by atoms with van der Waals surface area (Å²) in [5, 5.41) is 6.56. The quantitative estimate of drug-likeness (QED) is 0.747. The second kappa shape index (κ2) is 7.41. The molecule has 1 heterocycles. The molecule has 0 aromatic carbocycles. The summed E-state index contributed by atoms with van der Waals surface area (Å²) in [5.41, 5.74) is 0. The maximum atomic E-state index is 12.4. The number of hydrogen-bond acceptors (Lipinski definition) is 3. The molecule has 2 atom stereocenters. The van der Waals surface area contributed by atoms with Crippen LogP contribution in [0.3, 0.4) is 0 Å². The van der Waals surface area contributed by atoms with E-state index in [2.05, 4.69) is 36.3 Å². The lowest BCUT2D eigenvalue weighted by Gasteiger charge is -2.34. The third-order valence-corrected chi connectivity index (χ3v) is 4.82. The number of carbonyl (C=O) groups excluding carboxylic acids is 1. The molecule has 0 aromatic rings. The minimum Gasteiger partial charge on any atom is -0.352 e. The number of amides is 1. The first kappa shape index (κ1) is 15.8. The Balaban J connectivity index is 1.88. The van der Waals surface area contributed by atoms with Crippen molar-refractivity contribution in [3.8, 4) is 0 Å². The maximum Gasteiger partial charge on any atom is 0.237 e. The fraction of sp³-hybridized carbons (Fsp3) is 0.938. The van der Waals surface area contributed by atoms with Gasteiger partial charge in [-0.25, -0.2) is 0 Å². The van der Waals surface area contributed by atoms with Crippen LogP contribution in [0.25, 0.3) is 0 Å². The van der Waals surface area contributed by atoms with Gasteiger partial charge in [0.2, 0.25) is 5.91 Å². The van der Waals surface area contributed by atoms with Crippen LogP contribution in [0.1, 0.15) is 52.9 Å². The van der Waals surface area contributed by atoms with Gasteiger partial charge in [-0.3, -0.25) is 9.69 Å². The first-order valence-corrected chi connectivity index (χ1v) is 8.38. The maximum absolute atomic E-state index is 12.4. The topological polar surface area (TPSA) is 44.4 Å². The van der Waals surface area contributed by atoms with Crippen LogP contribution in [-0.2, 0) is 4.79 Å². The molecule has 116 valence electrons. The van der Waals surface area contributed by atoms with Crippen molar-refractivity contribution in [3.05, 3.63) is 0 Å². The van der Waals surface area contributed by atoms with E-state index in [1.807, 2.05) is 0 Å². The molecule has 1 aliphatic heterocycles. The monoisotopic (exact) mass is 281 g/mol. The number of rotatable bonds is 7. The van der Waals surface area contributed by atoms with Gasteiger partial charge in [0.15, 0.2) is 0 Å². The summed E-state index contributed by atoms with van der Waals surface area (Å²) < 4.78 is 0. The summed E-state index contributed by atoms with van der Waals surface area (Å²) in [6, 6.07) is 0.957. The van der Waals surface area contributed by atoms with E-state index >= 15 is 0 Å². The molecule has 2 unspecified atom stereocenters. The lowest BCUT2D eigenvalue weighted by atomic mass is 9.96. The highest BCUT2D eigenvalue weighted by Gasteiger charge is 2.36. The zero-order valence-corrected chi connectivity index (χ0v) is 13.3. The van der Waals surface area contributed by atoms with Gasteiger partial charge in [-0.1, -0.05) is 6.92 Å². The Bertz CT molecular complexity index is 311. The molecule has 0 bridgehead atoms. The Morgan fingerprint density at radius 2 is 1.90 bits per heavy atom. The van der Waals surface area contributed by atoms with E-state index in [1.165, 1.54) is 25.7 Å². The van der Waals surface area contributed by atoms with Crippen LogP contribution in [-0.4, -0.2) is 48.6 Å². The summed E-state index contributed by atoms with van der Waals surface area (Å²) in [5.74, 6) is 0.968. The van der Waals surface area contributed by atoms with Crippen molar-refractivity contribution in [2.24, 2.45) is 5.92 Å². The van der Waals surface area contributed by atoms with Gasteiger partial charge in [0, 0.05) is 18.6 Å². The fourth-order valence-corrected chi connectivity index (χ4v) is 3.01. The van der Waals surface area contributed by atoms with E-state index in [4.69, 9.17) is 0 Å². The Morgan fingerprint density at radius 3 is 2.45 bits per heavy atom. The van der Waals surface area contributed by atoms with Crippen molar-refractivity contribution in [3.63, 3.8) is 0 Å². The highest BCUT2D eigenvalue weighted by molar-refractivity contribution is 5.81. The van der Waals surface area contributed by atoms with Gasteiger partial charge in [-0.2, -0.15) is 0 Å². The van der Waals surface area contributed by atoms with Crippen molar-refractivity contribution in [2.45, 2.75) is 71.0 Å². The van der Waals surface area contributed by atoms with E-state index in [0.717, 1.165) is 32.0 Å². The summed E-state index contributed by atoms with van der Waals surface area (Å²) in [6.45, 7) is 9.65. The number of nitrogens with zero attached hydrogens (tertiary/aromatic N) is 1. The molecule has 20 heavy (non-hydrogen) atoms. The Morgan fingerprint density at radius 1 is 1.25 bits per heavy atom. The molecular formula is C16H31N3O. The molecule has 4 heteroatoms. The summed E-state index contributed by atoms with van der Waals surface area (Å²) in [7, 11) is 0. The fourth-order valence-electron chi connectivity index (χ4n) is 3.01. The predicted molar refractivity (Wildman–Crippen MR) is 82.7 cm³/mol. The highest BCUT2D eigenvalue weighted by Crippen LogP contribution is 2.30. The van der Waals surface area contributed by atoms with E-state index < -0.39 is 0 Å². The van der Waals surface area contributed by atoms with Gasteiger partial charge in [0.05, 0.1) is 6.04 Å². The van der Waals surface area contributed by atoms with Gasteiger partial charge < -0.3 is 10.6 Å². The molecule has 4 nitrogen and oxygen atoms in total. The van der Waals surface area contributed by atoms with Gasteiger partial charge in [-0.15, -0.1) is 0 Å². The Labute approximate surface area is 123 Å². The largest absolute Gasteiger partial charge is 0.352 e. The average molecular weight is 281 g/mol. The van der Waals surface area contributed by atoms with Crippen molar-refractivity contribution < 1.29 is 4.79 Å². The van der Waals surface area contributed by atoms with Crippen LogP contribution in [0.4, 0.5) is 0 Å². The van der Waals surface area contributed by atoms with Crippen LogP contribution in [0, 0.1) is 5.92 Å². The molecular weight excluding hydrogens is 250 g/mol. The molecule has 0 radical (unpaired) electrons. The zero-order valence-electron chi connectivity index (χ0n) is 13.3. The zero-order chi connectivity index (χ0) is 14.5. The second-order valence-corrected chi connectivity index (χ2v) is 6.62.